The van der Waals surface area contributed by atoms with E-state index in [9.17, 15) is 9.59 Å². The first-order valence-corrected chi connectivity index (χ1v) is 10.3. The van der Waals surface area contributed by atoms with Crippen molar-refractivity contribution in [3.63, 3.8) is 0 Å². The van der Waals surface area contributed by atoms with Crippen LogP contribution >= 0.6 is 22.7 Å². The van der Waals surface area contributed by atoms with Crippen LogP contribution in [0.15, 0.2) is 34.4 Å². The largest absolute Gasteiger partial charge is 0.308 e. The topological polar surface area (TPSA) is 64.0 Å². The molecule has 3 aromatic rings. The molecular formula is C19H19N3O2S2. The van der Waals surface area contributed by atoms with Crippen molar-refractivity contribution >= 4 is 33.7 Å². The predicted octanol–water partition coefficient (Wildman–Crippen LogP) is 3.86. The summed E-state index contributed by atoms with van der Waals surface area (Å²) >= 11 is 2.67. The van der Waals surface area contributed by atoms with Gasteiger partial charge >= 0.3 is 4.87 Å². The molecule has 0 unspecified atom stereocenters. The van der Waals surface area contributed by atoms with Crippen molar-refractivity contribution in [2.75, 3.05) is 5.32 Å². The van der Waals surface area contributed by atoms with E-state index in [4.69, 9.17) is 0 Å². The van der Waals surface area contributed by atoms with Crippen LogP contribution in [-0.4, -0.2) is 15.5 Å². The van der Waals surface area contributed by atoms with Gasteiger partial charge in [0.2, 0.25) is 5.91 Å². The van der Waals surface area contributed by atoms with Gasteiger partial charge in [-0.25, -0.2) is 4.98 Å². The molecule has 7 heteroatoms. The number of nitrogens with zero attached hydrogens (tertiary/aromatic N) is 2. The number of benzene rings is 1. The Kier molecular flexibility index (Phi) is 4.74. The second-order valence-corrected chi connectivity index (χ2v) is 8.39. The zero-order valence-corrected chi connectivity index (χ0v) is 16.1. The van der Waals surface area contributed by atoms with E-state index in [0.29, 0.717) is 5.13 Å². The molecule has 2 aromatic heterocycles. The number of aromatic nitrogens is 2. The maximum Gasteiger partial charge on any atom is 0.308 e. The molecule has 2 heterocycles. The molecule has 4 rings (SSSR count). The van der Waals surface area contributed by atoms with Crippen molar-refractivity contribution in [3.8, 4) is 11.3 Å². The molecule has 0 radical (unpaired) electrons. The van der Waals surface area contributed by atoms with Crippen molar-refractivity contribution in [1.82, 2.24) is 9.55 Å². The van der Waals surface area contributed by atoms with Gasteiger partial charge in [-0.1, -0.05) is 41.2 Å². The summed E-state index contributed by atoms with van der Waals surface area (Å²) in [7, 11) is 0. The Balaban J connectivity index is 1.53. The van der Waals surface area contributed by atoms with Gasteiger partial charge in [0.05, 0.1) is 11.4 Å². The Hall–Kier alpha value is -2.25. The van der Waals surface area contributed by atoms with Gasteiger partial charge in [-0.15, -0.1) is 11.3 Å². The molecule has 1 aliphatic carbocycles. The highest BCUT2D eigenvalue weighted by molar-refractivity contribution is 7.15. The second kappa shape index (κ2) is 7.17. The van der Waals surface area contributed by atoms with E-state index < -0.39 is 0 Å². The molecule has 1 amide bonds. The van der Waals surface area contributed by atoms with Crippen LogP contribution in [0.3, 0.4) is 0 Å². The molecule has 1 aromatic carbocycles. The number of carbonyl (C=O) groups is 1. The van der Waals surface area contributed by atoms with Crippen LogP contribution in [-0.2, 0) is 24.2 Å². The summed E-state index contributed by atoms with van der Waals surface area (Å²) < 4.78 is 1.53. The Morgan fingerprint density at radius 3 is 2.77 bits per heavy atom. The number of aryl methyl sites for hydroxylation is 3. The van der Waals surface area contributed by atoms with Crippen LogP contribution in [0, 0.1) is 6.92 Å². The number of anilines is 1. The van der Waals surface area contributed by atoms with Crippen LogP contribution in [0.1, 0.15) is 29.0 Å². The lowest BCUT2D eigenvalue weighted by molar-refractivity contribution is -0.116. The predicted molar refractivity (Wildman–Crippen MR) is 106 cm³/mol. The summed E-state index contributed by atoms with van der Waals surface area (Å²) in [6.45, 7) is 2.02. The van der Waals surface area contributed by atoms with E-state index >= 15 is 0 Å². The number of hydrogen-bond donors (Lipinski definition) is 1. The number of amides is 1. The van der Waals surface area contributed by atoms with E-state index in [1.807, 2.05) is 36.6 Å². The van der Waals surface area contributed by atoms with Crippen molar-refractivity contribution in [3.05, 3.63) is 55.4 Å². The third-order valence-corrected chi connectivity index (χ3v) is 6.36. The maximum atomic E-state index is 12.5. The van der Waals surface area contributed by atoms with Gasteiger partial charge in [0.25, 0.3) is 0 Å². The van der Waals surface area contributed by atoms with Gasteiger partial charge in [-0.2, -0.15) is 0 Å². The van der Waals surface area contributed by atoms with Gasteiger partial charge in [0.15, 0.2) is 5.13 Å². The normalized spacial score (nSPS) is 13.4. The van der Waals surface area contributed by atoms with E-state index in [-0.39, 0.29) is 17.3 Å². The Morgan fingerprint density at radius 2 is 2.00 bits per heavy atom. The second-order valence-electron chi connectivity index (χ2n) is 6.48. The van der Waals surface area contributed by atoms with Gasteiger partial charge in [0, 0.05) is 10.3 Å². The monoisotopic (exact) mass is 385 g/mol. The molecule has 1 aliphatic rings. The minimum atomic E-state index is -0.218. The first-order valence-electron chi connectivity index (χ1n) is 8.64. The molecule has 0 bridgehead atoms. The third-order valence-electron chi connectivity index (χ3n) is 4.52. The third kappa shape index (κ3) is 3.50. The molecule has 0 saturated carbocycles. The smallest absolute Gasteiger partial charge is 0.300 e. The average molecular weight is 386 g/mol. The van der Waals surface area contributed by atoms with Crippen LogP contribution in [0.4, 0.5) is 5.13 Å². The van der Waals surface area contributed by atoms with Crippen molar-refractivity contribution in [2.24, 2.45) is 0 Å². The Bertz CT molecular complexity index is 975. The summed E-state index contributed by atoms with van der Waals surface area (Å²) in [6.07, 6.45) is 4.38. The van der Waals surface area contributed by atoms with E-state index in [2.05, 4.69) is 10.3 Å². The number of fused-ring (bicyclic) bond motifs is 1. The minimum Gasteiger partial charge on any atom is -0.300 e. The van der Waals surface area contributed by atoms with E-state index in [1.165, 1.54) is 15.9 Å². The van der Waals surface area contributed by atoms with E-state index in [1.54, 1.807) is 11.3 Å². The van der Waals surface area contributed by atoms with Crippen LogP contribution < -0.4 is 10.2 Å². The zero-order chi connectivity index (χ0) is 18.1. The molecule has 134 valence electrons. The molecule has 0 aliphatic heterocycles. The summed E-state index contributed by atoms with van der Waals surface area (Å²) in [6, 6.07) is 7.95. The van der Waals surface area contributed by atoms with Gasteiger partial charge in [-0.05, 0) is 38.2 Å². The fraction of sp³-hybridized carbons (Fsp3) is 0.316. The molecule has 0 saturated heterocycles. The summed E-state index contributed by atoms with van der Waals surface area (Å²) in [5.41, 5.74) is 3.98. The van der Waals surface area contributed by atoms with Gasteiger partial charge < -0.3 is 5.32 Å². The fourth-order valence-corrected chi connectivity index (χ4v) is 4.97. The summed E-state index contributed by atoms with van der Waals surface area (Å²) in [4.78, 5) is 30.4. The van der Waals surface area contributed by atoms with Crippen LogP contribution in [0.25, 0.3) is 11.3 Å². The number of nitrogens with one attached hydrogen (secondary N) is 1. The number of hydrogen-bond acceptors (Lipinski definition) is 5. The molecule has 1 N–H and O–H groups in total. The molecule has 0 fully saturated rings. The standard InChI is InChI=1S/C19H19N3O2S2/c1-12-6-8-13(9-7-12)15-11-25-19(24)22(15)10-17(23)21-18-20-14-4-2-3-5-16(14)26-18/h6-9,11H,2-5,10H2,1H3,(H,20,21,23). The average Bonchev–Trinajstić information content (AvgIpc) is 3.19. The quantitative estimate of drug-likeness (QED) is 0.742. The molecular weight excluding hydrogens is 366 g/mol. The summed E-state index contributed by atoms with van der Waals surface area (Å²) in [5.74, 6) is -0.218. The van der Waals surface area contributed by atoms with E-state index in [0.717, 1.165) is 53.1 Å². The van der Waals surface area contributed by atoms with Crippen LogP contribution in [0.2, 0.25) is 0 Å². The first-order chi connectivity index (χ1) is 12.6. The fourth-order valence-electron chi connectivity index (χ4n) is 3.14. The van der Waals surface area contributed by atoms with Crippen molar-refractivity contribution in [2.45, 2.75) is 39.2 Å². The lowest BCUT2D eigenvalue weighted by Crippen LogP contribution is -2.25. The first kappa shape index (κ1) is 17.2. The SMILES string of the molecule is Cc1ccc(-c2csc(=O)n2CC(=O)Nc2nc3c(s2)CCCC3)cc1. The number of carbonyl (C=O) groups excluding carboxylic acids is 1. The van der Waals surface area contributed by atoms with Gasteiger partial charge in [0.1, 0.15) is 6.54 Å². The summed E-state index contributed by atoms with van der Waals surface area (Å²) in [5, 5.41) is 5.31. The molecule has 5 nitrogen and oxygen atoms in total. The van der Waals surface area contributed by atoms with Crippen molar-refractivity contribution in [1.29, 1.82) is 0 Å². The zero-order valence-electron chi connectivity index (χ0n) is 14.4. The molecule has 0 atom stereocenters. The Labute approximate surface area is 159 Å². The van der Waals surface area contributed by atoms with Gasteiger partial charge in [-0.3, -0.25) is 14.2 Å². The lowest BCUT2D eigenvalue weighted by Gasteiger charge is -2.08. The minimum absolute atomic E-state index is 0.00418. The van der Waals surface area contributed by atoms with Crippen molar-refractivity contribution < 1.29 is 4.79 Å². The highest BCUT2D eigenvalue weighted by atomic mass is 32.1. The lowest BCUT2D eigenvalue weighted by atomic mass is 10.0. The molecule has 0 spiro atoms. The number of rotatable bonds is 4. The van der Waals surface area contributed by atoms with Crippen LogP contribution in [0.5, 0.6) is 0 Å². The maximum absolute atomic E-state index is 12.5. The highest BCUT2D eigenvalue weighted by Gasteiger charge is 2.18. The highest BCUT2D eigenvalue weighted by Crippen LogP contribution is 2.29. The number of thiazole rings is 2. The Morgan fingerprint density at radius 1 is 1.23 bits per heavy atom. The molecule has 26 heavy (non-hydrogen) atoms.